The maximum Gasteiger partial charge on any atom is 0.326 e. The van der Waals surface area contributed by atoms with Crippen LogP contribution in [0.1, 0.15) is 6.42 Å². The number of nitrogens with one attached hydrogen (secondary N) is 2. The van der Waals surface area contributed by atoms with Crippen LogP contribution in [0.3, 0.4) is 0 Å². The summed E-state index contributed by atoms with van der Waals surface area (Å²) in [5.41, 5.74) is 0. The molecule has 0 spiro atoms. The van der Waals surface area contributed by atoms with Gasteiger partial charge in [-0.1, -0.05) is 0 Å². The summed E-state index contributed by atoms with van der Waals surface area (Å²) in [6, 6.07) is -1.57. The number of anilines is 1. The maximum absolute atomic E-state index is 11.4. The number of carbonyl (C=O) groups excluding carboxylic acids is 1. The monoisotopic (exact) mass is 259 g/mol. The van der Waals surface area contributed by atoms with Crippen molar-refractivity contribution in [2.24, 2.45) is 0 Å². The molecule has 1 atom stereocenters. The first-order chi connectivity index (χ1) is 8.13. The summed E-state index contributed by atoms with van der Waals surface area (Å²) in [7, 11) is 1.47. The van der Waals surface area contributed by atoms with Crippen LogP contribution >= 0.6 is 11.3 Å². The van der Waals surface area contributed by atoms with Crippen LogP contribution in [0.5, 0.6) is 0 Å². The standard InChI is InChI=1S/C9H13N3O4S/c1-16-4-2-6(7(13)14)11-8(15)12-9-10-3-5-17-9/h3,5-6H,2,4H2,1H3,(H,13,14)(H2,10,11,12,15). The van der Waals surface area contributed by atoms with Crippen LogP contribution in [0.4, 0.5) is 9.93 Å². The quantitative estimate of drug-likeness (QED) is 0.700. The van der Waals surface area contributed by atoms with E-state index >= 15 is 0 Å². The van der Waals surface area contributed by atoms with Gasteiger partial charge in [0.25, 0.3) is 0 Å². The Hall–Kier alpha value is -1.67. The van der Waals surface area contributed by atoms with Gasteiger partial charge in [-0.2, -0.15) is 0 Å². The Morgan fingerprint density at radius 2 is 2.41 bits per heavy atom. The minimum absolute atomic E-state index is 0.205. The first-order valence-electron chi connectivity index (χ1n) is 4.82. The highest BCUT2D eigenvalue weighted by molar-refractivity contribution is 7.13. The average molecular weight is 259 g/mol. The number of urea groups is 1. The molecule has 0 fully saturated rings. The van der Waals surface area contributed by atoms with Crippen molar-refractivity contribution in [2.45, 2.75) is 12.5 Å². The second-order valence-electron chi connectivity index (χ2n) is 3.11. The Morgan fingerprint density at radius 1 is 1.65 bits per heavy atom. The summed E-state index contributed by atoms with van der Waals surface area (Å²) in [5.74, 6) is -1.10. The lowest BCUT2D eigenvalue weighted by molar-refractivity contribution is -0.139. The molecule has 8 heteroatoms. The van der Waals surface area contributed by atoms with Crippen molar-refractivity contribution >= 4 is 28.5 Å². The van der Waals surface area contributed by atoms with Crippen LogP contribution in [-0.4, -0.2) is 41.8 Å². The molecule has 1 rings (SSSR count). The topological polar surface area (TPSA) is 101 Å². The Labute approximate surface area is 102 Å². The van der Waals surface area contributed by atoms with Crippen molar-refractivity contribution in [3.05, 3.63) is 11.6 Å². The molecule has 7 nitrogen and oxygen atoms in total. The lowest BCUT2D eigenvalue weighted by atomic mass is 10.2. The molecule has 17 heavy (non-hydrogen) atoms. The smallest absolute Gasteiger partial charge is 0.326 e. The van der Waals surface area contributed by atoms with E-state index in [0.717, 1.165) is 0 Å². The van der Waals surface area contributed by atoms with Crippen molar-refractivity contribution < 1.29 is 19.4 Å². The van der Waals surface area contributed by atoms with Crippen LogP contribution in [0, 0.1) is 0 Å². The second kappa shape index (κ2) is 6.81. The van der Waals surface area contributed by atoms with Crippen LogP contribution in [0.2, 0.25) is 0 Å². The Kier molecular flexibility index (Phi) is 5.37. The Balaban J connectivity index is 2.43. The summed E-state index contributed by atoms with van der Waals surface area (Å²) in [6.45, 7) is 0.258. The van der Waals surface area contributed by atoms with Gasteiger partial charge in [0.2, 0.25) is 0 Å². The highest BCUT2D eigenvalue weighted by Crippen LogP contribution is 2.09. The number of aromatic nitrogens is 1. The van der Waals surface area contributed by atoms with Gasteiger partial charge < -0.3 is 15.2 Å². The van der Waals surface area contributed by atoms with Crippen LogP contribution in [0.15, 0.2) is 11.6 Å². The third-order valence-corrected chi connectivity index (χ3v) is 2.56. The molecule has 1 aromatic rings. The summed E-state index contributed by atoms with van der Waals surface area (Å²) in [4.78, 5) is 26.1. The Bertz CT molecular complexity index is 368. The molecule has 1 heterocycles. The van der Waals surface area contributed by atoms with Gasteiger partial charge in [-0.3, -0.25) is 5.32 Å². The van der Waals surface area contributed by atoms with E-state index in [-0.39, 0.29) is 13.0 Å². The first kappa shape index (κ1) is 13.4. The van der Waals surface area contributed by atoms with Crippen molar-refractivity contribution in [1.82, 2.24) is 10.3 Å². The maximum atomic E-state index is 11.4. The van der Waals surface area contributed by atoms with Crippen LogP contribution in [-0.2, 0) is 9.53 Å². The SMILES string of the molecule is COCCC(NC(=O)Nc1nccs1)C(=O)O. The van der Waals surface area contributed by atoms with Gasteiger partial charge in [0, 0.05) is 31.7 Å². The molecule has 0 radical (unpaired) electrons. The molecular formula is C9H13N3O4S. The van der Waals surface area contributed by atoms with E-state index in [4.69, 9.17) is 9.84 Å². The van der Waals surface area contributed by atoms with Crippen molar-refractivity contribution in [3.8, 4) is 0 Å². The number of nitrogens with zero attached hydrogens (tertiary/aromatic N) is 1. The third kappa shape index (κ3) is 4.79. The van der Waals surface area contributed by atoms with Gasteiger partial charge in [-0.15, -0.1) is 11.3 Å². The van der Waals surface area contributed by atoms with Gasteiger partial charge >= 0.3 is 12.0 Å². The van der Waals surface area contributed by atoms with Crippen molar-refractivity contribution in [1.29, 1.82) is 0 Å². The van der Waals surface area contributed by atoms with E-state index in [9.17, 15) is 9.59 Å². The van der Waals surface area contributed by atoms with E-state index < -0.39 is 18.0 Å². The number of ether oxygens (including phenoxy) is 1. The highest BCUT2D eigenvalue weighted by atomic mass is 32.1. The summed E-state index contributed by atoms with van der Waals surface area (Å²) in [6.07, 6.45) is 1.75. The minimum Gasteiger partial charge on any atom is -0.480 e. The molecule has 3 N–H and O–H groups in total. The van der Waals surface area contributed by atoms with Gasteiger partial charge in [-0.25, -0.2) is 14.6 Å². The van der Waals surface area contributed by atoms with Gasteiger partial charge in [0.1, 0.15) is 6.04 Å². The molecule has 0 saturated carbocycles. The minimum atomic E-state index is -1.10. The Morgan fingerprint density at radius 3 is 2.94 bits per heavy atom. The molecule has 1 aromatic heterocycles. The van der Waals surface area contributed by atoms with E-state index in [0.29, 0.717) is 5.13 Å². The lowest BCUT2D eigenvalue weighted by Crippen LogP contribution is -2.43. The van der Waals surface area contributed by atoms with Gasteiger partial charge in [0.05, 0.1) is 0 Å². The van der Waals surface area contributed by atoms with Crippen molar-refractivity contribution in [2.75, 3.05) is 19.0 Å². The van der Waals surface area contributed by atoms with E-state index in [2.05, 4.69) is 15.6 Å². The molecule has 0 aliphatic heterocycles. The molecule has 0 bridgehead atoms. The number of carboxylic acids is 1. The number of carboxylic acid groups (broad SMARTS) is 1. The fraction of sp³-hybridized carbons (Fsp3) is 0.444. The lowest BCUT2D eigenvalue weighted by Gasteiger charge is -2.13. The fourth-order valence-corrected chi connectivity index (χ4v) is 1.59. The number of carbonyl (C=O) groups is 2. The predicted molar refractivity (Wildman–Crippen MR) is 62.2 cm³/mol. The number of rotatable bonds is 6. The second-order valence-corrected chi connectivity index (χ2v) is 4.00. The number of amides is 2. The zero-order chi connectivity index (χ0) is 12.7. The van der Waals surface area contributed by atoms with E-state index in [1.807, 2.05) is 0 Å². The van der Waals surface area contributed by atoms with Gasteiger partial charge in [-0.05, 0) is 0 Å². The van der Waals surface area contributed by atoms with Crippen LogP contribution < -0.4 is 10.6 Å². The summed E-state index contributed by atoms with van der Waals surface area (Å²) >= 11 is 1.25. The molecule has 94 valence electrons. The van der Waals surface area contributed by atoms with E-state index in [1.54, 1.807) is 11.6 Å². The molecule has 1 unspecified atom stereocenters. The molecule has 0 saturated heterocycles. The zero-order valence-corrected chi connectivity index (χ0v) is 9.99. The molecule has 0 aromatic carbocycles. The molecular weight excluding hydrogens is 246 g/mol. The van der Waals surface area contributed by atoms with E-state index in [1.165, 1.54) is 18.4 Å². The third-order valence-electron chi connectivity index (χ3n) is 1.87. The number of hydrogen-bond acceptors (Lipinski definition) is 5. The molecule has 2 amide bonds. The zero-order valence-electron chi connectivity index (χ0n) is 9.17. The highest BCUT2D eigenvalue weighted by Gasteiger charge is 2.19. The number of hydrogen-bond donors (Lipinski definition) is 3. The molecule has 0 aliphatic carbocycles. The normalized spacial score (nSPS) is 11.8. The molecule has 0 aliphatic rings. The number of aliphatic carboxylic acids is 1. The number of thiazole rings is 1. The van der Waals surface area contributed by atoms with Crippen molar-refractivity contribution in [3.63, 3.8) is 0 Å². The first-order valence-corrected chi connectivity index (χ1v) is 5.70. The number of methoxy groups -OCH3 is 1. The van der Waals surface area contributed by atoms with Crippen LogP contribution in [0.25, 0.3) is 0 Å². The largest absolute Gasteiger partial charge is 0.480 e. The summed E-state index contributed by atoms with van der Waals surface area (Å²) < 4.78 is 4.76. The average Bonchev–Trinajstić information content (AvgIpc) is 2.76. The van der Waals surface area contributed by atoms with Gasteiger partial charge in [0.15, 0.2) is 5.13 Å². The fourth-order valence-electron chi connectivity index (χ4n) is 1.07. The predicted octanol–water partition coefficient (Wildman–Crippen LogP) is 0.754. The summed E-state index contributed by atoms with van der Waals surface area (Å²) in [5, 5.41) is 15.7.